The average Bonchev–Trinajstić information content (AvgIpc) is 2.61. The Kier molecular flexibility index (Phi) is 5.57. The van der Waals surface area contributed by atoms with E-state index in [4.69, 9.17) is 9.47 Å². The Labute approximate surface area is 139 Å². The van der Waals surface area contributed by atoms with Crippen LogP contribution in [-0.4, -0.2) is 31.2 Å². The molecule has 2 aromatic rings. The number of carboxylic acids is 1. The van der Waals surface area contributed by atoms with Gasteiger partial charge in [0, 0.05) is 5.56 Å². The first-order valence-corrected chi connectivity index (χ1v) is 7.08. The van der Waals surface area contributed by atoms with Gasteiger partial charge in [-0.1, -0.05) is 12.1 Å². The highest BCUT2D eigenvalue weighted by molar-refractivity contribution is 6.02. The fourth-order valence-corrected chi connectivity index (χ4v) is 1.95. The Bertz CT molecular complexity index is 748. The molecule has 0 saturated heterocycles. The maximum atomic E-state index is 12.2. The molecule has 0 aliphatic heterocycles. The number of carboxylic acid groups (broad SMARTS) is 1. The van der Waals surface area contributed by atoms with Gasteiger partial charge >= 0.3 is 5.97 Å². The highest BCUT2D eigenvalue weighted by atomic mass is 16.5. The summed E-state index contributed by atoms with van der Waals surface area (Å²) >= 11 is 0. The van der Waals surface area contributed by atoms with E-state index in [1.807, 2.05) is 0 Å². The Morgan fingerprint density at radius 1 is 0.917 bits per heavy atom. The Morgan fingerprint density at radius 3 is 1.88 bits per heavy atom. The van der Waals surface area contributed by atoms with Gasteiger partial charge < -0.3 is 19.9 Å². The normalized spacial score (nSPS) is 10.8. The van der Waals surface area contributed by atoms with Gasteiger partial charge in [0.25, 0.3) is 5.91 Å². The molecule has 124 valence electrons. The van der Waals surface area contributed by atoms with Crippen LogP contribution in [0.2, 0.25) is 0 Å². The average molecular weight is 327 g/mol. The fourth-order valence-electron chi connectivity index (χ4n) is 1.95. The summed E-state index contributed by atoms with van der Waals surface area (Å²) in [5.41, 5.74) is 0.738. The summed E-state index contributed by atoms with van der Waals surface area (Å²) in [6.07, 6.45) is 1.38. The van der Waals surface area contributed by atoms with Crippen LogP contribution in [0, 0.1) is 0 Å². The van der Waals surface area contributed by atoms with Crippen LogP contribution in [0.3, 0.4) is 0 Å². The molecule has 6 heteroatoms. The molecule has 0 heterocycles. The minimum atomic E-state index is -1.23. The number of benzene rings is 2. The number of rotatable bonds is 6. The summed E-state index contributed by atoms with van der Waals surface area (Å²) in [4.78, 5) is 23.5. The fraction of sp³-hybridized carbons (Fsp3) is 0.111. The van der Waals surface area contributed by atoms with Crippen molar-refractivity contribution in [2.75, 3.05) is 14.2 Å². The van der Waals surface area contributed by atoms with E-state index < -0.39 is 11.9 Å². The summed E-state index contributed by atoms with van der Waals surface area (Å²) in [6.45, 7) is 0. The molecule has 0 bridgehead atoms. The van der Waals surface area contributed by atoms with Crippen LogP contribution >= 0.6 is 0 Å². The van der Waals surface area contributed by atoms with Crippen LogP contribution in [0.1, 0.15) is 15.9 Å². The topological polar surface area (TPSA) is 84.9 Å². The largest absolute Gasteiger partial charge is 0.497 e. The summed E-state index contributed by atoms with van der Waals surface area (Å²) in [6, 6.07) is 13.2. The lowest BCUT2D eigenvalue weighted by Gasteiger charge is -2.07. The van der Waals surface area contributed by atoms with E-state index in [2.05, 4.69) is 5.32 Å². The van der Waals surface area contributed by atoms with Crippen LogP contribution in [0.15, 0.2) is 54.2 Å². The smallest absolute Gasteiger partial charge is 0.352 e. The van der Waals surface area contributed by atoms with Gasteiger partial charge in [0.1, 0.15) is 17.2 Å². The molecule has 0 spiro atoms. The number of carbonyl (C=O) groups excluding carboxylic acids is 1. The second-order valence-electron chi connectivity index (χ2n) is 4.82. The molecule has 2 rings (SSSR count). The standard InChI is InChI=1S/C18H17NO5/c1-23-14-7-3-12(4-8-14)11-16(18(21)22)19-17(20)13-5-9-15(24-2)10-6-13/h3-11H,1-2H3,(H,19,20)(H,21,22). The van der Waals surface area contributed by atoms with Crippen molar-refractivity contribution in [1.82, 2.24) is 5.32 Å². The minimum absolute atomic E-state index is 0.221. The van der Waals surface area contributed by atoms with E-state index in [9.17, 15) is 14.7 Å². The first-order chi connectivity index (χ1) is 11.5. The van der Waals surface area contributed by atoms with Gasteiger partial charge in [0.05, 0.1) is 14.2 Å². The first kappa shape index (κ1) is 17.1. The zero-order valence-corrected chi connectivity index (χ0v) is 13.3. The van der Waals surface area contributed by atoms with E-state index >= 15 is 0 Å². The molecule has 0 atom stereocenters. The molecule has 2 aromatic carbocycles. The van der Waals surface area contributed by atoms with E-state index in [1.165, 1.54) is 13.2 Å². The lowest BCUT2D eigenvalue weighted by atomic mass is 10.1. The van der Waals surface area contributed by atoms with E-state index in [0.717, 1.165) is 0 Å². The van der Waals surface area contributed by atoms with Crippen LogP contribution in [0.25, 0.3) is 6.08 Å². The Hall–Kier alpha value is -3.28. The molecule has 0 saturated carbocycles. The van der Waals surface area contributed by atoms with Crippen molar-refractivity contribution in [3.63, 3.8) is 0 Å². The summed E-state index contributed by atoms with van der Waals surface area (Å²) < 4.78 is 10.1. The predicted molar refractivity (Wildman–Crippen MR) is 89.1 cm³/mol. The van der Waals surface area contributed by atoms with Gasteiger partial charge in [0.2, 0.25) is 0 Å². The van der Waals surface area contributed by atoms with Crippen LogP contribution < -0.4 is 14.8 Å². The zero-order chi connectivity index (χ0) is 17.5. The molecule has 0 aliphatic rings. The monoisotopic (exact) mass is 327 g/mol. The number of ether oxygens (including phenoxy) is 2. The SMILES string of the molecule is COc1ccc(C=C(NC(=O)c2ccc(OC)cc2)C(=O)O)cc1. The molecule has 2 N–H and O–H groups in total. The number of amides is 1. The van der Waals surface area contributed by atoms with Gasteiger partial charge in [-0.2, -0.15) is 0 Å². The zero-order valence-electron chi connectivity index (χ0n) is 13.3. The van der Waals surface area contributed by atoms with Crippen molar-refractivity contribution in [3.8, 4) is 11.5 Å². The molecule has 0 unspecified atom stereocenters. The third-order valence-electron chi connectivity index (χ3n) is 3.26. The molecular weight excluding hydrogens is 310 g/mol. The third kappa shape index (κ3) is 4.36. The molecule has 0 fully saturated rings. The van der Waals surface area contributed by atoms with Crippen molar-refractivity contribution in [3.05, 3.63) is 65.4 Å². The first-order valence-electron chi connectivity index (χ1n) is 7.08. The Morgan fingerprint density at radius 2 is 1.42 bits per heavy atom. The number of methoxy groups -OCH3 is 2. The van der Waals surface area contributed by atoms with Gasteiger partial charge in [-0.3, -0.25) is 4.79 Å². The van der Waals surface area contributed by atoms with E-state index in [-0.39, 0.29) is 5.70 Å². The van der Waals surface area contributed by atoms with Crippen molar-refractivity contribution >= 4 is 18.0 Å². The van der Waals surface area contributed by atoms with Crippen molar-refractivity contribution < 1.29 is 24.2 Å². The molecule has 0 aromatic heterocycles. The quantitative estimate of drug-likeness (QED) is 0.797. The maximum Gasteiger partial charge on any atom is 0.352 e. The van der Waals surface area contributed by atoms with Crippen molar-refractivity contribution in [2.24, 2.45) is 0 Å². The number of hydrogen-bond acceptors (Lipinski definition) is 4. The highest BCUT2D eigenvalue weighted by Gasteiger charge is 2.13. The van der Waals surface area contributed by atoms with Gasteiger partial charge in [0.15, 0.2) is 0 Å². The molecule has 0 radical (unpaired) electrons. The summed E-state index contributed by atoms with van der Waals surface area (Å²) in [7, 11) is 3.07. The van der Waals surface area contributed by atoms with Gasteiger partial charge in [-0.15, -0.1) is 0 Å². The molecule has 1 amide bonds. The summed E-state index contributed by atoms with van der Waals surface area (Å²) in [5.74, 6) is -0.474. The Balaban J connectivity index is 2.18. The van der Waals surface area contributed by atoms with Gasteiger partial charge in [-0.05, 0) is 48.0 Å². The summed E-state index contributed by atoms with van der Waals surface area (Å²) in [5, 5.41) is 11.7. The van der Waals surface area contributed by atoms with E-state index in [1.54, 1.807) is 55.6 Å². The number of carbonyl (C=O) groups is 2. The lowest BCUT2D eigenvalue weighted by Crippen LogP contribution is -2.27. The second-order valence-corrected chi connectivity index (χ2v) is 4.82. The molecular formula is C18H17NO5. The number of nitrogens with one attached hydrogen (secondary N) is 1. The minimum Gasteiger partial charge on any atom is -0.497 e. The maximum absolute atomic E-state index is 12.2. The second kappa shape index (κ2) is 7.82. The van der Waals surface area contributed by atoms with Crippen molar-refractivity contribution in [2.45, 2.75) is 0 Å². The highest BCUT2D eigenvalue weighted by Crippen LogP contribution is 2.15. The predicted octanol–water partition coefficient (Wildman–Crippen LogP) is 2.56. The van der Waals surface area contributed by atoms with Crippen LogP contribution in [-0.2, 0) is 4.79 Å². The lowest BCUT2D eigenvalue weighted by molar-refractivity contribution is -0.132. The van der Waals surface area contributed by atoms with Crippen LogP contribution in [0.4, 0.5) is 0 Å². The third-order valence-corrected chi connectivity index (χ3v) is 3.26. The van der Waals surface area contributed by atoms with Crippen LogP contribution in [0.5, 0.6) is 11.5 Å². The van der Waals surface area contributed by atoms with Crippen molar-refractivity contribution in [1.29, 1.82) is 0 Å². The van der Waals surface area contributed by atoms with Gasteiger partial charge in [-0.25, -0.2) is 4.79 Å². The van der Waals surface area contributed by atoms with E-state index in [0.29, 0.717) is 22.6 Å². The molecule has 6 nitrogen and oxygen atoms in total. The number of hydrogen-bond donors (Lipinski definition) is 2. The molecule has 24 heavy (non-hydrogen) atoms. The number of aliphatic carboxylic acids is 1. The molecule has 0 aliphatic carbocycles.